The fourth-order valence-corrected chi connectivity index (χ4v) is 3.23. The van der Waals surface area contributed by atoms with Gasteiger partial charge >= 0.3 is 5.97 Å². The van der Waals surface area contributed by atoms with Crippen LogP contribution in [-0.4, -0.2) is 11.0 Å². The van der Waals surface area contributed by atoms with Crippen LogP contribution in [0.15, 0.2) is 72.8 Å². The highest BCUT2D eigenvalue weighted by molar-refractivity contribution is 6.07. The highest BCUT2D eigenvalue weighted by atomic mass is 16.5. The Morgan fingerprint density at radius 1 is 0.885 bits per heavy atom. The first-order chi connectivity index (χ1) is 12.6. The van der Waals surface area contributed by atoms with Crippen LogP contribution in [0.5, 0.6) is 5.75 Å². The summed E-state index contributed by atoms with van der Waals surface area (Å²) in [5.41, 5.74) is 2.83. The van der Waals surface area contributed by atoms with Crippen LogP contribution in [0.1, 0.15) is 24.1 Å². The Bertz CT molecular complexity index is 1100. The first-order valence-corrected chi connectivity index (χ1v) is 8.69. The van der Waals surface area contributed by atoms with Crippen molar-refractivity contribution in [2.75, 3.05) is 0 Å². The van der Waals surface area contributed by atoms with Gasteiger partial charge in [-0.2, -0.15) is 0 Å². The monoisotopic (exact) mass is 341 g/mol. The van der Waals surface area contributed by atoms with E-state index in [1.54, 1.807) is 12.1 Å². The fourth-order valence-electron chi connectivity index (χ4n) is 3.23. The molecule has 0 N–H and O–H groups in total. The number of nitrogens with zero attached hydrogens (tertiary/aromatic N) is 1. The first kappa shape index (κ1) is 16.3. The molecule has 26 heavy (non-hydrogen) atoms. The van der Waals surface area contributed by atoms with Gasteiger partial charge in [-0.15, -0.1) is 0 Å². The van der Waals surface area contributed by atoms with Crippen molar-refractivity contribution in [3.63, 3.8) is 0 Å². The van der Waals surface area contributed by atoms with Crippen LogP contribution >= 0.6 is 0 Å². The standard InChI is InChI=1S/C23H19NO2/c1-15-12-13-21-20(14-15)18-10-6-7-11-19(18)22(24-21)16(2)23(25)26-17-8-4-3-5-9-17/h3-14,16H,1-2H3. The minimum absolute atomic E-state index is 0.305. The highest BCUT2D eigenvalue weighted by Gasteiger charge is 2.22. The molecule has 0 saturated carbocycles. The van der Waals surface area contributed by atoms with Crippen LogP contribution in [0, 0.1) is 6.92 Å². The molecule has 128 valence electrons. The zero-order chi connectivity index (χ0) is 18.1. The molecule has 4 aromatic rings. The maximum absolute atomic E-state index is 12.7. The summed E-state index contributed by atoms with van der Waals surface area (Å²) in [7, 11) is 0. The number of para-hydroxylation sites is 1. The van der Waals surface area contributed by atoms with E-state index in [-0.39, 0.29) is 5.97 Å². The molecule has 0 aliphatic carbocycles. The van der Waals surface area contributed by atoms with E-state index >= 15 is 0 Å². The van der Waals surface area contributed by atoms with E-state index in [1.807, 2.05) is 55.5 Å². The van der Waals surface area contributed by atoms with Gasteiger partial charge < -0.3 is 4.74 Å². The van der Waals surface area contributed by atoms with E-state index < -0.39 is 5.92 Å². The van der Waals surface area contributed by atoms with Crippen LogP contribution in [0.25, 0.3) is 21.7 Å². The summed E-state index contributed by atoms with van der Waals surface area (Å²) in [5, 5.41) is 3.20. The van der Waals surface area contributed by atoms with Crippen LogP contribution in [-0.2, 0) is 4.79 Å². The largest absolute Gasteiger partial charge is 0.426 e. The van der Waals surface area contributed by atoms with E-state index in [0.717, 1.165) is 27.4 Å². The van der Waals surface area contributed by atoms with Gasteiger partial charge in [0.15, 0.2) is 0 Å². The van der Waals surface area contributed by atoms with Crippen molar-refractivity contribution < 1.29 is 9.53 Å². The number of carbonyl (C=O) groups is 1. The molecule has 3 aromatic carbocycles. The number of aryl methyl sites for hydroxylation is 1. The minimum atomic E-state index is -0.467. The molecule has 4 rings (SSSR count). The lowest BCUT2D eigenvalue weighted by Gasteiger charge is -2.15. The molecule has 0 amide bonds. The predicted octanol–water partition coefficient (Wildman–Crippen LogP) is 5.41. The second kappa shape index (κ2) is 6.60. The lowest BCUT2D eigenvalue weighted by atomic mass is 9.97. The molecular formula is C23H19NO2. The van der Waals surface area contributed by atoms with Gasteiger partial charge in [0.05, 0.1) is 17.1 Å². The van der Waals surface area contributed by atoms with Gasteiger partial charge in [-0.25, -0.2) is 0 Å². The SMILES string of the molecule is Cc1ccc2nc(C(C)C(=O)Oc3ccccc3)c3ccccc3c2c1. The maximum Gasteiger partial charge on any atom is 0.320 e. The Morgan fingerprint density at radius 2 is 1.58 bits per heavy atom. The molecule has 3 nitrogen and oxygen atoms in total. The lowest BCUT2D eigenvalue weighted by Crippen LogP contribution is -2.17. The molecule has 0 radical (unpaired) electrons. The second-order valence-corrected chi connectivity index (χ2v) is 6.52. The van der Waals surface area contributed by atoms with E-state index in [0.29, 0.717) is 5.75 Å². The molecule has 1 heterocycles. The number of hydrogen-bond acceptors (Lipinski definition) is 3. The summed E-state index contributed by atoms with van der Waals surface area (Å²) in [4.78, 5) is 17.5. The van der Waals surface area contributed by atoms with Crippen molar-refractivity contribution >= 4 is 27.6 Å². The number of fused-ring (bicyclic) bond motifs is 3. The molecule has 1 unspecified atom stereocenters. The third-order valence-electron chi connectivity index (χ3n) is 4.61. The molecule has 1 aromatic heterocycles. The molecular weight excluding hydrogens is 322 g/mol. The van der Waals surface area contributed by atoms with E-state index in [9.17, 15) is 4.79 Å². The van der Waals surface area contributed by atoms with Crippen molar-refractivity contribution in [1.82, 2.24) is 4.98 Å². The van der Waals surface area contributed by atoms with E-state index in [1.165, 1.54) is 5.56 Å². The quantitative estimate of drug-likeness (QED) is 0.284. The van der Waals surface area contributed by atoms with E-state index in [2.05, 4.69) is 19.1 Å². The molecule has 0 spiro atoms. The van der Waals surface area contributed by atoms with Gasteiger partial charge in [-0.05, 0) is 43.5 Å². The third kappa shape index (κ3) is 2.92. The fraction of sp³-hybridized carbons (Fsp3) is 0.130. The number of hydrogen-bond donors (Lipinski definition) is 0. The molecule has 1 atom stereocenters. The summed E-state index contributed by atoms with van der Waals surface area (Å²) in [6.45, 7) is 3.92. The summed E-state index contributed by atoms with van der Waals surface area (Å²) >= 11 is 0. The Balaban J connectivity index is 1.82. The summed E-state index contributed by atoms with van der Waals surface area (Å²) in [5.74, 6) is -0.226. The highest BCUT2D eigenvalue weighted by Crippen LogP contribution is 2.31. The number of pyridine rings is 1. The number of ether oxygens (including phenoxy) is 1. The summed E-state index contributed by atoms with van der Waals surface area (Å²) < 4.78 is 5.53. The number of benzene rings is 3. The average molecular weight is 341 g/mol. The Kier molecular flexibility index (Phi) is 4.13. The van der Waals surface area contributed by atoms with Crippen LogP contribution in [0.4, 0.5) is 0 Å². The van der Waals surface area contributed by atoms with Gasteiger partial charge in [0.25, 0.3) is 0 Å². The van der Waals surface area contributed by atoms with Crippen molar-refractivity contribution in [3.05, 3.63) is 84.1 Å². The predicted molar refractivity (Wildman–Crippen MR) is 104 cm³/mol. The number of rotatable bonds is 3. The molecule has 0 saturated heterocycles. The molecule has 0 aliphatic rings. The van der Waals surface area contributed by atoms with Crippen LogP contribution in [0.2, 0.25) is 0 Å². The second-order valence-electron chi connectivity index (χ2n) is 6.52. The number of carbonyl (C=O) groups excluding carboxylic acids is 1. The summed E-state index contributed by atoms with van der Waals surface area (Å²) in [6.07, 6.45) is 0. The van der Waals surface area contributed by atoms with Gasteiger partial charge in [-0.3, -0.25) is 9.78 Å². The van der Waals surface area contributed by atoms with Crippen molar-refractivity contribution in [2.45, 2.75) is 19.8 Å². The smallest absolute Gasteiger partial charge is 0.320 e. The normalized spacial score (nSPS) is 12.2. The Morgan fingerprint density at radius 3 is 2.35 bits per heavy atom. The Hall–Kier alpha value is -3.20. The van der Waals surface area contributed by atoms with Crippen LogP contribution < -0.4 is 4.74 Å². The number of esters is 1. The zero-order valence-electron chi connectivity index (χ0n) is 14.8. The van der Waals surface area contributed by atoms with Gasteiger partial charge in [0.2, 0.25) is 0 Å². The van der Waals surface area contributed by atoms with Gasteiger partial charge in [0, 0.05) is 10.8 Å². The first-order valence-electron chi connectivity index (χ1n) is 8.69. The molecule has 3 heteroatoms. The maximum atomic E-state index is 12.7. The average Bonchev–Trinajstić information content (AvgIpc) is 2.67. The van der Waals surface area contributed by atoms with Crippen molar-refractivity contribution in [1.29, 1.82) is 0 Å². The Labute approximate surface area is 152 Å². The van der Waals surface area contributed by atoms with Crippen molar-refractivity contribution in [3.8, 4) is 5.75 Å². The third-order valence-corrected chi connectivity index (χ3v) is 4.61. The van der Waals surface area contributed by atoms with Gasteiger partial charge in [0.1, 0.15) is 5.75 Å². The van der Waals surface area contributed by atoms with Crippen molar-refractivity contribution in [2.24, 2.45) is 0 Å². The minimum Gasteiger partial charge on any atom is -0.426 e. The van der Waals surface area contributed by atoms with E-state index in [4.69, 9.17) is 9.72 Å². The van der Waals surface area contributed by atoms with Gasteiger partial charge in [-0.1, -0.05) is 54.1 Å². The topological polar surface area (TPSA) is 39.2 Å². The molecule has 0 bridgehead atoms. The zero-order valence-corrected chi connectivity index (χ0v) is 14.8. The number of aromatic nitrogens is 1. The van der Waals surface area contributed by atoms with Crippen LogP contribution in [0.3, 0.4) is 0 Å². The lowest BCUT2D eigenvalue weighted by molar-refractivity contribution is -0.135. The molecule has 0 fully saturated rings. The molecule has 0 aliphatic heterocycles. The summed E-state index contributed by atoms with van der Waals surface area (Å²) in [6, 6.07) is 23.4.